The second-order valence-corrected chi connectivity index (χ2v) is 6.30. The number of rotatable bonds is 7. The Balaban J connectivity index is 2.50. The van der Waals surface area contributed by atoms with Gasteiger partial charge in [-0.1, -0.05) is 18.2 Å². The highest BCUT2D eigenvalue weighted by Crippen LogP contribution is 2.60. The molecule has 0 aliphatic heterocycles. The largest absolute Gasteiger partial charge is 0.464 e. The van der Waals surface area contributed by atoms with Crippen LogP contribution in [0.4, 0.5) is 0 Å². The van der Waals surface area contributed by atoms with Crippen molar-refractivity contribution < 1.29 is 22.8 Å². The van der Waals surface area contributed by atoms with E-state index in [1.807, 2.05) is 18.2 Å². The Bertz CT molecular complexity index is 623. The van der Waals surface area contributed by atoms with Crippen molar-refractivity contribution in [3.63, 3.8) is 0 Å². The summed E-state index contributed by atoms with van der Waals surface area (Å²) in [5.41, 5.74) is 0.181. The number of furan rings is 1. The van der Waals surface area contributed by atoms with Gasteiger partial charge in [-0.15, -0.1) is 0 Å². The van der Waals surface area contributed by atoms with Crippen molar-refractivity contribution in [3.8, 4) is 0 Å². The van der Waals surface area contributed by atoms with Gasteiger partial charge in [-0.25, -0.2) is 0 Å². The molecule has 0 aliphatic rings. The third-order valence-electron chi connectivity index (χ3n) is 2.92. The van der Waals surface area contributed by atoms with E-state index in [4.69, 9.17) is 13.5 Å². The summed E-state index contributed by atoms with van der Waals surface area (Å²) in [6, 6.07) is 7.26. The van der Waals surface area contributed by atoms with Gasteiger partial charge in [-0.2, -0.15) is 0 Å². The van der Waals surface area contributed by atoms with Gasteiger partial charge in [0.1, 0.15) is 17.5 Å². The quantitative estimate of drug-likeness (QED) is 0.572. The van der Waals surface area contributed by atoms with Crippen LogP contribution < -0.4 is 0 Å². The van der Waals surface area contributed by atoms with Gasteiger partial charge in [0.25, 0.3) is 0 Å². The molecule has 1 atom stereocenters. The minimum Gasteiger partial charge on any atom is -0.464 e. The van der Waals surface area contributed by atoms with E-state index in [0.717, 1.165) is 5.39 Å². The fraction of sp³-hybridized carbons (Fsp3) is 0.357. The highest BCUT2D eigenvalue weighted by molar-refractivity contribution is 7.55. The molecule has 0 bridgehead atoms. The van der Waals surface area contributed by atoms with Crippen molar-refractivity contribution in [2.75, 3.05) is 13.2 Å². The molecule has 0 saturated heterocycles. The van der Waals surface area contributed by atoms with E-state index in [1.54, 1.807) is 19.9 Å². The van der Waals surface area contributed by atoms with Crippen molar-refractivity contribution in [1.29, 1.82) is 0 Å². The zero-order valence-corrected chi connectivity index (χ0v) is 12.3. The normalized spacial score (nSPS) is 13.5. The van der Waals surface area contributed by atoms with Crippen LogP contribution in [0.1, 0.15) is 25.1 Å². The van der Waals surface area contributed by atoms with E-state index in [1.165, 1.54) is 6.26 Å². The topological polar surface area (TPSA) is 65.7 Å². The summed E-state index contributed by atoms with van der Waals surface area (Å²) < 4.78 is 28.7. The first-order chi connectivity index (χ1) is 9.66. The lowest BCUT2D eigenvalue weighted by atomic mass is 10.1. The molecule has 1 aromatic carbocycles. The van der Waals surface area contributed by atoms with E-state index in [9.17, 15) is 9.36 Å². The van der Waals surface area contributed by atoms with E-state index >= 15 is 0 Å². The fourth-order valence-electron chi connectivity index (χ4n) is 2.10. The molecule has 0 amide bonds. The standard InChI is InChI=1S/C14H17O5P/c1-3-18-20(16,19-4-2)14(9-15)12-10-17-13-8-6-5-7-11(12)13/h5-10,14H,3-4H2,1-2H3. The third kappa shape index (κ3) is 2.70. The van der Waals surface area contributed by atoms with Crippen molar-refractivity contribution >= 4 is 24.9 Å². The van der Waals surface area contributed by atoms with Gasteiger partial charge in [0, 0.05) is 10.9 Å². The van der Waals surface area contributed by atoms with Crippen LogP contribution in [0, 0.1) is 0 Å². The van der Waals surface area contributed by atoms with Gasteiger partial charge in [0.15, 0.2) is 0 Å². The maximum absolute atomic E-state index is 12.8. The molecule has 2 aromatic rings. The van der Waals surface area contributed by atoms with E-state index < -0.39 is 13.3 Å². The Morgan fingerprint density at radius 2 is 1.90 bits per heavy atom. The van der Waals surface area contributed by atoms with Crippen LogP contribution in [0.5, 0.6) is 0 Å². The number of benzene rings is 1. The zero-order valence-electron chi connectivity index (χ0n) is 11.4. The Labute approximate surface area is 117 Å². The average Bonchev–Trinajstić information content (AvgIpc) is 2.84. The monoisotopic (exact) mass is 296 g/mol. The van der Waals surface area contributed by atoms with Crippen molar-refractivity contribution in [2.24, 2.45) is 0 Å². The number of carbonyl (C=O) groups is 1. The average molecular weight is 296 g/mol. The van der Waals surface area contributed by atoms with Crippen LogP contribution in [0.3, 0.4) is 0 Å². The molecule has 0 spiro atoms. The molecular weight excluding hydrogens is 279 g/mol. The van der Waals surface area contributed by atoms with Crippen molar-refractivity contribution in [2.45, 2.75) is 19.5 Å². The smallest absolute Gasteiger partial charge is 0.345 e. The number of carbonyl (C=O) groups excluding carboxylic acids is 1. The van der Waals surface area contributed by atoms with Crippen LogP contribution in [0.15, 0.2) is 34.9 Å². The van der Waals surface area contributed by atoms with Gasteiger partial charge in [-0.05, 0) is 19.9 Å². The SMILES string of the molecule is CCOP(=O)(OCC)C(C=O)c1coc2ccccc12. The van der Waals surface area contributed by atoms with Gasteiger partial charge >= 0.3 is 7.60 Å². The maximum Gasteiger partial charge on any atom is 0.345 e. The first kappa shape index (κ1) is 15.0. The molecule has 108 valence electrons. The zero-order chi connectivity index (χ0) is 14.6. The lowest BCUT2D eigenvalue weighted by molar-refractivity contribution is -0.108. The molecule has 5 nitrogen and oxygen atoms in total. The predicted octanol–water partition coefficient (Wildman–Crippen LogP) is 3.94. The van der Waals surface area contributed by atoms with Crippen molar-refractivity contribution in [1.82, 2.24) is 0 Å². The number of fused-ring (bicyclic) bond motifs is 1. The van der Waals surface area contributed by atoms with Crippen LogP contribution in [-0.4, -0.2) is 19.5 Å². The summed E-state index contributed by atoms with van der Waals surface area (Å²) in [5.74, 6) is 0. The number of hydrogen-bond donors (Lipinski definition) is 0. The molecule has 6 heteroatoms. The predicted molar refractivity (Wildman–Crippen MR) is 75.9 cm³/mol. The van der Waals surface area contributed by atoms with Crippen LogP contribution in [0.2, 0.25) is 0 Å². The fourth-order valence-corrected chi connectivity index (χ4v) is 3.91. The molecule has 1 unspecified atom stereocenters. The van der Waals surface area contributed by atoms with Crippen molar-refractivity contribution in [3.05, 3.63) is 36.1 Å². The minimum absolute atomic E-state index is 0.206. The number of aldehydes is 1. The number of para-hydroxylation sites is 1. The summed E-state index contributed by atoms with van der Waals surface area (Å²) in [5, 5.41) is 0.740. The molecular formula is C14H17O5P. The molecule has 1 heterocycles. The summed E-state index contributed by atoms with van der Waals surface area (Å²) in [6.07, 6.45) is 2.04. The first-order valence-corrected chi connectivity index (χ1v) is 8.07. The van der Waals surface area contributed by atoms with E-state index in [-0.39, 0.29) is 13.2 Å². The molecule has 0 radical (unpaired) electrons. The van der Waals surface area contributed by atoms with Crippen LogP contribution in [0.25, 0.3) is 11.0 Å². The molecule has 0 N–H and O–H groups in total. The first-order valence-electron chi connectivity index (χ1n) is 6.46. The van der Waals surface area contributed by atoms with Gasteiger partial charge < -0.3 is 18.3 Å². The lowest BCUT2D eigenvalue weighted by Crippen LogP contribution is -2.07. The summed E-state index contributed by atoms with van der Waals surface area (Å²) >= 11 is 0. The molecule has 0 saturated carbocycles. The van der Waals surface area contributed by atoms with E-state index in [2.05, 4.69) is 0 Å². The van der Waals surface area contributed by atoms with Crippen LogP contribution >= 0.6 is 7.60 Å². The Kier molecular flexibility index (Phi) is 4.76. The second-order valence-electron chi connectivity index (χ2n) is 4.14. The highest BCUT2D eigenvalue weighted by atomic mass is 31.2. The molecule has 1 aromatic heterocycles. The second kappa shape index (κ2) is 6.35. The van der Waals surface area contributed by atoms with E-state index in [0.29, 0.717) is 17.4 Å². The molecule has 20 heavy (non-hydrogen) atoms. The van der Waals surface area contributed by atoms with Gasteiger partial charge in [0.2, 0.25) is 0 Å². The lowest BCUT2D eigenvalue weighted by Gasteiger charge is -2.21. The Hall–Kier alpha value is -1.42. The Morgan fingerprint density at radius 3 is 2.50 bits per heavy atom. The maximum atomic E-state index is 12.8. The summed E-state index contributed by atoms with van der Waals surface area (Å²) in [6.45, 7) is 3.83. The molecule has 0 fully saturated rings. The van der Waals surface area contributed by atoms with Gasteiger partial charge in [-0.3, -0.25) is 4.57 Å². The third-order valence-corrected chi connectivity index (χ3v) is 5.23. The Morgan fingerprint density at radius 1 is 1.25 bits per heavy atom. The summed E-state index contributed by atoms with van der Waals surface area (Å²) in [7, 11) is -3.55. The molecule has 2 rings (SSSR count). The molecule has 0 aliphatic carbocycles. The van der Waals surface area contributed by atoms with Gasteiger partial charge in [0.05, 0.1) is 19.5 Å². The highest BCUT2D eigenvalue weighted by Gasteiger charge is 2.38. The van der Waals surface area contributed by atoms with Crippen LogP contribution in [-0.2, 0) is 18.4 Å². The number of hydrogen-bond acceptors (Lipinski definition) is 5. The summed E-state index contributed by atoms with van der Waals surface area (Å²) in [4.78, 5) is 11.5. The minimum atomic E-state index is -3.55.